The quantitative estimate of drug-likeness (QED) is 0.498. The van der Waals surface area contributed by atoms with E-state index in [9.17, 15) is 9.90 Å². The predicted octanol–water partition coefficient (Wildman–Crippen LogP) is -0.578. The molecular formula is C8H15NO3. The fourth-order valence-corrected chi connectivity index (χ4v) is 0.544. The van der Waals surface area contributed by atoms with Gasteiger partial charge < -0.3 is 15.5 Å². The van der Waals surface area contributed by atoms with Crippen molar-refractivity contribution in [2.45, 2.75) is 19.4 Å². The van der Waals surface area contributed by atoms with Crippen LogP contribution in [0.1, 0.15) is 13.8 Å². The molecule has 0 aromatic heterocycles. The summed E-state index contributed by atoms with van der Waals surface area (Å²) in [6.07, 6.45) is 2.95. The number of amides is 1. The Morgan fingerprint density at radius 1 is 1.67 bits per heavy atom. The number of aliphatic hydroxyl groups excluding tert-OH is 1. The van der Waals surface area contributed by atoms with Crippen LogP contribution in [0.2, 0.25) is 0 Å². The predicted molar refractivity (Wildman–Crippen MR) is 45.5 cm³/mol. The lowest BCUT2D eigenvalue weighted by Gasteiger charge is -2.19. The van der Waals surface area contributed by atoms with Crippen LogP contribution in [0.25, 0.3) is 0 Å². The van der Waals surface area contributed by atoms with Gasteiger partial charge in [0, 0.05) is 6.54 Å². The molecule has 3 N–H and O–H groups in total. The van der Waals surface area contributed by atoms with Crippen molar-refractivity contribution in [2.75, 3.05) is 13.2 Å². The zero-order valence-corrected chi connectivity index (χ0v) is 7.37. The van der Waals surface area contributed by atoms with Gasteiger partial charge in [-0.3, -0.25) is 4.79 Å². The van der Waals surface area contributed by atoms with Crippen molar-refractivity contribution < 1.29 is 15.0 Å². The van der Waals surface area contributed by atoms with E-state index in [-0.39, 0.29) is 19.1 Å². The molecule has 0 aromatic rings. The summed E-state index contributed by atoms with van der Waals surface area (Å²) in [7, 11) is 0. The first-order valence-corrected chi connectivity index (χ1v) is 3.75. The van der Waals surface area contributed by atoms with Crippen LogP contribution in [-0.2, 0) is 4.79 Å². The van der Waals surface area contributed by atoms with Crippen molar-refractivity contribution in [1.82, 2.24) is 5.32 Å². The van der Waals surface area contributed by atoms with Crippen LogP contribution in [0.15, 0.2) is 12.2 Å². The Morgan fingerprint density at radius 3 is 2.67 bits per heavy atom. The number of carbonyl (C=O) groups is 1. The normalized spacial score (nSPS) is 16.0. The smallest absolute Gasteiger partial charge is 0.243 e. The minimum Gasteiger partial charge on any atom is -0.393 e. The fourth-order valence-electron chi connectivity index (χ4n) is 0.544. The van der Waals surface area contributed by atoms with Gasteiger partial charge in [-0.1, -0.05) is 6.08 Å². The molecule has 0 spiro atoms. The fraction of sp³-hybridized carbons (Fsp3) is 0.625. The highest BCUT2D eigenvalue weighted by molar-refractivity contribution is 5.87. The minimum absolute atomic E-state index is 0.0483. The highest BCUT2D eigenvalue weighted by Gasteiger charge is 2.18. The van der Waals surface area contributed by atoms with Gasteiger partial charge in [0.25, 0.3) is 0 Å². The van der Waals surface area contributed by atoms with E-state index in [0.29, 0.717) is 0 Å². The third kappa shape index (κ3) is 4.87. The van der Waals surface area contributed by atoms with Crippen LogP contribution in [0, 0.1) is 0 Å². The molecule has 0 saturated heterocycles. The van der Waals surface area contributed by atoms with Crippen molar-refractivity contribution in [2.24, 2.45) is 0 Å². The van der Waals surface area contributed by atoms with Crippen molar-refractivity contribution in [3.05, 3.63) is 12.2 Å². The molecule has 0 bridgehead atoms. The van der Waals surface area contributed by atoms with Crippen molar-refractivity contribution in [3.63, 3.8) is 0 Å². The molecule has 1 amide bonds. The molecule has 1 atom stereocenters. The molecule has 12 heavy (non-hydrogen) atoms. The summed E-state index contributed by atoms with van der Waals surface area (Å²) in [6, 6.07) is 0. The number of hydrogen-bond acceptors (Lipinski definition) is 3. The van der Waals surface area contributed by atoms with Crippen molar-refractivity contribution >= 4 is 5.91 Å². The van der Waals surface area contributed by atoms with Gasteiger partial charge in [-0.05, 0) is 19.9 Å². The SMILES string of the molecule is CC=CC(=O)NCC(C)(O)CO. The number of nitrogens with one attached hydrogen (secondary N) is 1. The van der Waals surface area contributed by atoms with Gasteiger partial charge in [-0.2, -0.15) is 0 Å². The summed E-state index contributed by atoms with van der Waals surface area (Å²) in [5.74, 6) is -0.272. The van der Waals surface area contributed by atoms with Gasteiger partial charge in [0.1, 0.15) is 5.60 Å². The zero-order valence-electron chi connectivity index (χ0n) is 7.37. The topological polar surface area (TPSA) is 69.6 Å². The van der Waals surface area contributed by atoms with E-state index in [0.717, 1.165) is 0 Å². The molecule has 0 aliphatic carbocycles. The summed E-state index contributed by atoms with van der Waals surface area (Å²) in [5.41, 5.74) is -1.24. The van der Waals surface area contributed by atoms with E-state index in [1.807, 2.05) is 0 Å². The zero-order chi connectivity index (χ0) is 9.61. The van der Waals surface area contributed by atoms with Gasteiger partial charge in [0.2, 0.25) is 5.91 Å². The summed E-state index contributed by atoms with van der Waals surface area (Å²) in [5, 5.41) is 20.3. The molecule has 0 fully saturated rings. The maximum absolute atomic E-state index is 10.8. The average molecular weight is 173 g/mol. The molecule has 70 valence electrons. The van der Waals surface area contributed by atoms with Crippen LogP contribution < -0.4 is 5.32 Å². The number of rotatable bonds is 4. The highest BCUT2D eigenvalue weighted by atomic mass is 16.3. The van der Waals surface area contributed by atoms with Gasteiger partial charge in [-0.25, -0.2) is 0 Å². The standard InChI is InChI=1S/C8H15NO3/c1-3-4-7(11)9-5-8(2,12)6-10/h3-4,10,12H,5-6H2,1-2H3,(H,9,11). The van der Waals surface area contributed by atoms with Gasteiger partial charge in [-0.15, -0.1) is 0 Å². The van der Waals surface area contributed by atoms with Crippen LogP contribution in [0.3, 0.4) is 0 Å². The number of carbonyl (C=O) groups excluding carboxylic acids is 1. The lowest BCUT2D eigenvalue weighted by Crippen LogP contribution is -2.42. The number of aliphatic hydroxyl groups is 2. The molecule has 4 nitrogen and oxygen atoms in total. The highest BCUT2D eigenvalue weighted by Crippen LogP contribution is 1.97. The Hall–Kier alpha value is -0.870. The molecule has 0 aromatic carbocycles. The van der Waals surface area contributed by atoms with E-state index < -0.39 is 5.60 Å². The second kappa shape index (κ2) is 4.90. The van der Waals surface area contributed by atoms with Gasteiger partial charge in [0.05, 0.1) is 6.61 Å². The van der Waals surface area contributed by atoms with E-state index in [1.54, 1.807) is 13.0 Å². The second-order valence-corrected chi connectivity index (χ2v) is 2.87. The maximum atomic E-state index is 10.8. The molecule has 0 saturated carbocycles. The molecule has 0 aliphatic rings. The lowest BCUT2D eigenvalue weighted by atomic mass is 10.1. The Kier molecular flexibility index (Phi) is 4.54. The van der Waals surface area contributed by atoms with Gasteiger partial charge >= 0.3 is 0 Å². The van der Waals surface area contributed by atoms with E-state index in [2.05, 4.69) is 5.32 Å². The number of hydrogen-bond donors (Lipinski definition) is 3. The van der Waals surface area contributed by atoms with E-state index in [1.165, 1.54) is 13.0 Å². The minimum atomic E-state index is -1.24. The maximum Gasteiger partial charge on any atom is 0.243 e. The Labute approximate surface area is 71.9 Å². The van der Waals surface area contributed by atoms with Gasteiger partial charge in [0.15, 0.2) is 0 Å². The first kappa shape index (κ1) is 11.1. The Bertz CT molecular complexity index is 175. The molecule has 0 heterocycles. The largest absolute Gasteiger partial charge is 0.393 e. The molecule has 1 unspecified atom stereocenters. The summed E-state index contributed by atoms with van der Waals surface area (Å²) < 4.78 is 0. The molecule has 0 rings (SSSR count). The summed E-state index contributed by atoms with van der Waals surface area (Å²) in [4.78, 5) is 10.8. The third-order valence-electron chi connectivity index (χ3n) is 1.30. The molecular weight excluding hydrogens is 158 g/mol. The first-order chi connectivity index (χ1) is 5.52. The molecule has 0 aliphatic heterocycles. The van der Waals surface area contributed by atoms with Crippen LogP contribution in [0.4, 0.5) is 0 Å². The van der Waals surface area contributed by atoms with Crippen LogP contribution >= 0.6 is 0 Å². The lowest BCUT2D eigenvalue weighted by molar-refractivity contribution is -0.118. The Morgan fingerprint density at radius 2 is 2.25 bits per heavy atom. The Balaban J connectivity index is 3.75. The van der Waals surface area contributed by atoms with Crippen LogP contribution in [-0.4, -0.2) is 34.9 Å². The van der Waals surface area contributed by atoms with Crippen LogP contribution in [0.5, 0.6) is 0 Å². The second-order valence-electron chi connectivity index (χ2n) is 2.87. The molecule has 4 heteroatoms. The molecule has 0 radical (unpaired) electrons. The van der Waals surface area contributed by atoms with E-state index >= 15 is 0 Å². The van der Waals surface area contributed by atoms with E-state index in [4.69, 9.17) is 5.11 Å². The average Bonchev–Trinajstić information content (AvgIpc) is 2.02. The third-order valence-corrected chi connectivity index (χ3v) is 1.30. The number of allylic oxidation sites excluding steroid dienone is 1. The monoisotopic (exact) mass is 173 g/mol. The summed E-state index contributed by atoms with van der Waals surface area (Å²) in [6.45, 7) is 2.85. The van der Waals surface area contributed by atoms with Crippen molar-refractivity contribution in [1.29, 1.82) is 0 Å². The van der Waals surface area contributed by atoms with Crippen molar-refractivity contribution in [3.8, 4) is 0 Å². The first-order valence-electron chi connectivity index (χ1n) is 3.75. The summed E-state index contributed by atoms with van der Waals surface area (Å²) >= 11 is 0.